The van der Waals surface area contributed by atoms with Crippen molar-refractivity contribution in [1.29, 1.82) is 5.26 Å². The molecule has 0 aromatic heterocycles. The second-order valence-corrected chi connectivity index (χ2v) is 2.80. The zero-order chi connectivity index (χ0) is 10.0. The maximum Gasteiger partial charge on any atom is 0.159 e. The number of halogens is 1. The molecular formula is C10H8FNO. The topological polar surface area (TPSA) is 40.9 Å². The van der Waals surface area contributed by atoms with E-state index in [1.807, 2.05) is 6.07 Å². The molecule has 2 nitrogen and oxygen atoms in total. The van der Waals surface area contributed by atoms with Crippen LogP contribution in [0.4, 0.5) is 4.39 Å². The fourth-order valence-electron chi connectivity index (χ4n) is 0.998. The van der Waals surface area contributed by atoms with E-state index in [-0.39, 0.29) is 22.5 Å². The maximum absolute atomic E-state index is 13.1. The summed E-state index contributed by atoms with van der Waals surface area (Å²) in [6, 6.07) is 4.39. The first-order valence-corrected chi connectivity index (χ1v) is 3.77. The van der Waals surface area contributed by atoms with Crippen LogP contribution < -0.4 is 0 Å². The number of rotatable bonds is 1. The van der Waals surface area contributed by atoms with E-state index in [4.69, 9.17) is 5.26 Å². The number of nitrogens with zero attached hydrogens (tertiary/aromatic N) is 1. The average Bonchev–Trinajstić information content (AvgIpc) is 2.09. The Kier molecular flexibility index (Phi) is 2.43. The molecule has 0 aliphatic carbocycles. The van der Waals surface area contributed by atoms with Crippen LogP contribution in [0.15, 0.2) is 12.1 Å². The quantitative estimate of drug-likeness (QED) is 0.617. The highest BCUT2D eigenvalue weighted by atomic mass is 19.1. The number of hydrogen-bond acceptors (Lipinski definition) is 2. The molecule has 1 rings (SSSR count). The first kappa shape index (κ1) is 9.40. The molecule has 1 aromatic carbocycles. The molecule has 3 heteroatoms. The van der Waals surface area contributed by atoms with Crippen LogP contribution in [0.2, 0.25) is 0 Å². The Morgan fingerprint density at radius 1 is 1.54 bits per heavy atom. The molecule has 0 fully saturated rings. The van der Waals surface area contributed by atoms with E-state index in [0.717, 1.165) is 6.07 Å². The molecule has 0 radical (unpaired) electrons. The monoisotopic (exact) mass is 177 g/mol. The Morgan fingerprint density at radius 2 is 2.15 bits per heavy atom. The van der Waals surface area contributed by atoms with Gasteiger partial charge < -0.3 is 0 Å². The van der Waals surface area contributed by atoms with E-state index >= 15 is 0 Å². The highest BCUT2D eigenvalue weighted by molar-refractivity contribution is 5.94. The van der Waals surface area contributed by atoms with Crippen molar-refractivity contribution >= 4 is 5.78 Å². The van der Waals surface area contributed by atoms with Crippen molar-refractivity contribution in [2.75, 3.05) is 0 Å². The fourth-order valence-corrected chi connectivity index (χ4v) is 0.998. The molecule has 66 valence electrons. The number of ketones is 1. The molecule has 0 heterocycles. The zero-order valence-corrected chi connectivity index (χ0v) is 7.39. The SMILES string of the molecule is CC(=O)c1cc(F)c(C)c(C#N)c1. The van der Waals surface area contributed by atoms with Gasteiger partial charge in [0, 0.05) is 11.1 Å². The first-order valence-electron chi connectivity index (χ1n) is 3.77. The van der Waals surface area contributed by atoms with E-state index in [0.29, 0.717) is 0 Å². The fraction of sp³-hybridized carbons (Fsp3) is 0.200. The molecule has 0 N–H and O–H groups in total. The van der Waals surface area contributed by atoms with Gasteiger partial charge in [-0.05, 0) is 26.0 Å². The number of hydrogen-bond donors (Lipinski definition) is 0. The zero-order valence-electron chi connectivity index (χ0n) is 7.39. The van der Waals surface area contributed by atoms with Gasteiger partial charge in [-0.15, -0.1) is 0 Å². The lowest BCUT2D eigenvalue weighted by atomic mass is 10.0. The predicted molar refractivity (Wildman–Crippen MR) is 45.9 cm³/mol. The molecule has 0 amide bonds. The van der Waals surface area contributed by atoms with Gasteiger partial charge in [0.05, 0.1) is 11.6 Å². The summed E-state index contributed by atoms with van der Waals surface area (Å²) in [5, 5.41) is 8.62. The second-order valence-electron chi connectivity index (χ2n) is 2.80. The molecule has 0 aliphatic heterocycles. The van der Waals surface area contributed by atoms with Gasteiger partial charge in [-0.2, -0.15) is 5.26 Å². The summed E-state index contributed by atoms with van der Waals surface area (Å²) in [5.41, 5.74) is 0.734. The van der Waals surface area contributed by atoms with Crippen LogP contribution in [0, 0.1) is 24.1 Å². The third-order valence-corrected chi connectivity index (χ3v) is 1.87. The van der Waals surface area contributed by atoms with Gasteiger partial charge in [0.2, 0.25) is 0 Å². The number of carbonyl (C=O) groups excluding carboxylic acids is 1. The summed E-state index contributed by atoms with van der Waals surface area (Å²) in [6.45, 7) is 2.85. The lowest BCUT2D eigenvalue weighted by Crippen LogP contribution is -1.97. The Hall–Kier alpha value is -1.69. The van der Waals surface area contributed by atoms with Crippen molar-refractivity contribution in [1.82, 2.24) is 0 Å². The molecule has 1 aromatic rings. The number of benzene rings is 1. The highest BCUT2D eigenvalue weighted by Gasteiger charge is 2.08. The molecule has 0 saturated heterocycles. The Labute approximate surface area is 75.6 Å². The van der Waals surface area contributed by atoms with Crippen molar-refractivity contribution in [3.63, 3.8) is 0 Å². The number of nitriles is 1. The molecule has 0 unspecified atom stereocenters. The van der Waals surface area contributed by atoms with Crippen LogP contribution in [0.3, 0.4) is 0 Å². The second kappa shape index (κ2) is 3.36. The van der Waals surface area contributed by atoms with Gasteiger partial charge >= 0.3 is 0 Å². The van der Waals surface area contributed by atoms with Crippen molar-refractivity contribution < 1.29 is 9.18 Å². The van der Waals surface area contributed by atoms with Crippen LogP contribution >= 0.6 is 0 Å². The predicted octanol–water partition coefficient (Wildman–Crippen LogP) is 2.21. The molecule has 0 spiro atoms. The van der Waals surface area contributed by atoms with Gasteiger partial charge in [0.25, 0.3) is 0 Å². The summed E-state index contributed by atoms with van der Waals surface area (Å²) in [5.74, 6) is -0.750. The summed E-state index contributed by atoms with van der Waals surface area (Å²) >= 11 is 0. The normalized spacial score (nSPS) is 9.38. The molecule has 0 atom stereocenters. The summed E-state index contributed by atoms with van der Waals surface area (Å²) < 4.78 is 13.1. The first-order chi connectivity index (χ1) is 6.06. The Balaban J connectivity index is 3.41. The standard InChI is InChI=1S/C10H8FNO/c1-6-9(5-12)3-8(7(2)13)4-10(6)11/h3-4H,1-2H3. The molecular weight excluding hydrogens is 169 g/mol. The number of Topliss-reactive ketones (excluding diaryl/α,β-unsaturated/α-hetero) is 1. The van der Waals surface area contributed by atoms with E-state index < -0.39 is 5.82 Å². The van der Waals surface area contributed by atoms with Gasteiger partial charge in [-0.1, -0.05) is 0 Å². The van der Waals surface area contributed by atoms with Gasteiger partial charge in [0.1, 0.15) is 5.82 Å². The smallest absolute Gasteiger partial charge is 0.159 e. The van der Waals surface area contributed by atoms with Crippen LogP contribution in [0.25, 0.3) is 0 Å². The minimum Gasteiger partial charge on any atom is -0.295 e. The van der Waals surface area contributed by atoms with E-state index in [1.54, 1.807) is 0 Å². The van der Waals surface area contributed by atoms with Crippen LogP contribution in [0.5, 0.6) is 0 Å². The van der Waals surface area contributed by atoms with Crippen molar-refractivity contribution in [3.05, 3.63) is 34.6 Å². The molecule has 0 bridgehead atoms. The van der Waals surface area contributed by atoms with Gasteiger partial charge in [0.15, 0.2) is 5.78 Å². The van der Waals surface area contributed by atoms with E-state index in [1.165, 1.54) is 19.9 Å². The summed E-state index contributed by atoms with van der Waals surface area (Å²) in [7, 11) is 0. The Morgan fingerprint density at radius 3 is 2.62 bits per heavy atom. The van der Waals surface area contributed by atoms with Gasteiger partial charge in [-0.25, -0.2) is 4.39 Å². The van der Waals surface area contributed by atoms with Gasteiger partial charge in [-0.3, -0.25) is 4.79 Å². The minimum atomic E-state index is -0.510. The van der Waals surface area contributed by atoms with Crippen molar-refractivity contribution in [2.45, 2.75) is 13.8 Å². The average molecular weight is 177 g/mol. The number of carbonyl (C=O) groups is 1. The van der Waals surface area contributed by atoms with Crippen molar-refractivity contribution in [3.8, 4) is 6.07 Å². The molecule has 13 heavy (non-hydrogen) atoms. The van der Waals surface area contributed by atoms with E-state index in [2.05, 4.69) is 0 Å². The third-order valence-electron chi connectivity index (χ3n) is 1.87. The Bertz CT molecular complexity index is 404. The third kappa shape index (κ3) is 1.73. The summed E-state index contributed by atoms with van der Waals surface area (Å²) in [6.07, 6.45) is 0. The lowest BCUT2D eigenvalue weighted by Gasteiger charge is -2.01. The van der Waals surface area contributed by atoms with E-state index in [9.17, 15) is 9.18 Å². The lowest BCUT2D eigenvalue weighted by molar-refractivity contribution is 0.101. The van der Waals surface area contributed by atoms with Crippen molar-refractivity contribution in [2.24, 2.45) is 0 Å². The largest absolute Gasteiger partial charge is 0.295 e. The summed E-state index contributed by atoms with van der Waals surface area (Å²) in [4.78, 5) is 10.9. The highest BCUT2D eigenvalue weighted by Crippen LogP contribution is 2.15. The maximum atomic E-state index is 13.1. The minimum absolute atomic E-state index is 0.213. The molecule has 0 saturated carbocycles. The van der Waals surface area contributed by atoms with Crippen LogP contribution in [0.1, 0.15) is 28.4 Å². The molecule has 0 aliphatic rings. The van der Waals surface area contributed by atoms with Crippen LogP contribution in [-0.2, 0) is 0 Å². The van der Waals surface area contributed by atoms with Crippen LogP contribution in [-0.4, -0.2) is 5.78 Å².